The van der Waals surface area contributed by atoms with Crippen molar-refractivity contribution in [3.63, 3.8) is 0 Å². The second-order valence-corrected chi connectivity index (χ2v) is 11.0. The van der Waals surface area contributed by atoms with Crippen LogP contribution in [0.4, 0.5) is 0 Å². The molecule has 2 N–H and O–H groups in total. The molecule has 4 atom stereocenters. The van der Waals surface area contributed by atoms with Crippen molar-refractivity contribution in [1.82, 2.24) is 4.90 Å². The number of phenols is 1. The van der Waals surface area contributed by atoms with Crippen molar-refractivity contribution in [1.29, 1.82) is 0 Å². The first-order valence-corrected chi connectivity index (χ1v) is 13.1. The predicted molar refractivity (Wildman–Crippen MR) is 135 cm³/mol. The number of likely N-dealkylation sites (tertiary alicyclic amines) is 1. The summed E-state index contributed by atoms with van der Waals surface area (Å²) in [4.78, 5) is 65.4. The fraction of sp³-hybridized carbons (Fsp3) is 0.321. The summed E-state index contributed by atoms with van der Waals surface area (Å²) in [5.74, 6) is -4.47. The largest absolute Gasteiger partial charge is 0.508 e. The van der Waals surface area contributed by atoms with E-state index in [-0.39, 0.29) is 47.6 Å². The monoisotopic (exact) mass is 579 g/mol. The molecule has 0 bridgehead atoms. The normalized spacial score (nSPS) is 28.0. The van der Waals surface area contributed by atoms with Gasteiger partial charge in [-0.25, -0.2) is 0 Å². The van der Waals surface area contributed by atoms with E-state index in [0.717, 1.165) is 16.0 Å². The Hall–Kier alpha value is -3.79. The Morgan fingerprint density at radius 3 is 2.68 bits per heavy atom. The van der Waals surface area contributed by atoms with Crippen LogP contribution in [0.3, 0.4) is 0 Å². The first-order valence-electron chi connectivity index (χ1n) is 12.3. The number of carbonyl (C=O) groups is 5. The number of nitrogens with zero attached hydrogens (tertiary/aromatic N) is 1. The fourth-order valence-electron chi connectivity index (χ4n) is 6.51. The number of carboxylic acids is 1. The second kappa shape index (κ2) is 8.90. The zero-order valence-corrected chi connectivity index (χ0v) is 21.6. The molecule has 0 radical (unpaired) electrons. The minimum Gasteiger partial charge on any atom is -0.508 e. The molecule has 3 aliphatic carbocycles. The number of carbonyl (C=O) groups excluding carboxylic acids is 4. The van der Waals surface area contributed by atoms with Gasteiger partial charge < -0.3 is 14.9 Å². The average molecular weight is 580 g/mol. The molecule has 0 aromatic heterocycles. The lowest BCUT2D eigenvalue weighted by molar-refractivity contribution is -0.142. The lowest BCUT2D eigenvalue weighted by Gasteiger charge is -2.43. The highest BCUT2D eigenvalue weighted by molar-refractivity contribution is 9.12. The van der Waals surface area contributed by atoms with Gasteiger partial charge >= 0.3 is 5.97 Å². The number of ketones is 2. The number of Topliss-reactive ketones (excluding diaryl/α,β-unsaturated/α-hetero) is 1. The number of ether oxygens (including phenoxy) is 1. The summed E-state index contributed by atoms with van der Waals surface area (Å²) in [6, 6.07) is 4.76. The Kier molecular flexibility index (Phi) is 5.75. The zero-order valence-electron chi connectivity index (χ0n) is 20.0. The minimum atomic E-state index is -1.11. The molecule has 9 nitrogen and oxygen atoms in total. The number of aliphatic carboxylic acids is 1. The molecule has 1 aromatic carbocycles. The van der Waals surface area contributed by atoms with Crippen molar-refractivity contribution < 1.29 is 38.9 Å². The third kappa shape index (κ3) is 3.69. The van der Waals surface area contributed by atoms with Gasteiger partial charge in [0.05, 0.1) is 29.0 Å². The lowest BCUT2D eigenvalue weighted by Crippen LogP contribution is -2.41. The zero-order chi connectivity index (χ0) is 26.9. The van der Waals surface area contributed by atoms with Crippen molar-refractivity contribution in [2.75, 3.05) is 6.54 Å². The number of imide groups is 1. The van der Waals surface area contributed by atoms with Gasteiger partial charge in [-0.15, -0.1) is 0 Å². The topological polar surface area (TPSA) is 138 Å². The highest BCUT2D eigenvalue weighted by Crippen LogP contribution is 2.55. The van der Waals surface area contributed by atoms with Crippen LogP contribution in [0, 0.1) is 23.7 Å². The van der Waals surface area contributed by atoms with Crippen LogP contribution < -0.4 is 4.74 Å². The van der Waals surface area contributed by atoms with E-state index in [9.17, 15) is 29.1 Å². The van der Waals surface area contributed by atoms with Crippen molar-refractivity contribution >= 4 is 45.3 Å². The van der Waals surface area contributed by atoms with E-state index in [1.54, 1.807) is 18.4 Å². The van der Waals surface area contributed by atoms with Crippen LogP contribution in [0.1, 0.15) is 24.8 Å². The van der Waals surface area contributed by atoms with E-state index in [4.69, 9.17) is 9.84 Å². The van der Waals surface area contributed by atoms with E-state index in [0.29, 0.717) is 28.9 Å². The summed E-state index contributed by atoms with van der Waals surface area (Å²) in [5.41, 5.74) is 2.87. The number of allylic oxidation sites excluding steroid dienone is 7. The van der Waals surface area contributed by atoms with Crippen molar-refractivity contribution in [3.05, 3.63) is 69.0 Å². The van der Waals surface area contributed by atoms with Crippen molar-refractivity contribution in [3.8, 4) is 11.5 Å². The quantitative estimate of drug-likeness (QED) is 0.315. The maximum atomic E-state index is 13.5. The smallest absolute Gasteiger partial charge is 0.305 e. The van der Waals surface area contributed by atoms with Crippen LogP contribution >= 0.6 is 15.9 Å². The predicted octanol–water partition coefficient (Wildman–Crippen LogP) is 2.98. The molecular formula is C28H22BrNO8. The van der Waals surface area contributed by atoms with Crippen LogP contribution in [0.2, 0.25) is 0 Å². The van der Waals surface area contributed by atoms with Crippen LogP contribution in [0.5, 0.6) is 11.5 Å². The number of amides is 2. The molecule has 38 heavy (non-hydrogen) atoms. The molecule has 0 saturated carbocycles. The average Bonchev–Trinajstić information content (AvgIpc) is 3.13. The number of halogens is 1. The number of rotatable bonds is 4. The van der Waals surface area contributed by atoms with E-state index in [2.05, 4.69) is 15.9 Å². The first-order chi connectivity index (χ1) is 18.2. The maximum Gasteiger partial charge on any atom is 0.305 e. The number of carboxylic acid groups (broad SMARTS) is 1. The summed E-state index contributed by atoms with van der Waals surface area (Å²) >= 11 is 3.20. The van der Waals surface area contributed by atoms with Gasteiger partial charge in [0.25, 0.3) is 0 Å². The number of benzene rings is 1. The van der Waals surface area contributed by atoms with Crippen LogP contribution in [0.15, 0.2) is 63.4 Å². The van der Waals surface area contributed by atoms with E-state index in [1.165, 1.54) is 12.1 Å². The molecule has 0 spiro atoms. The highest BCUT2D eigenvalue weighted by atomic mass is 79.9. The molecule has 2 amide bonds. The number of hydrogen-bond donors (Lipinski definition) is 2. The molecule has 6 rings (SSSR count). The molecule has 2 aliphatic heterocycles. The Labute approximate surface area is 225 Å². The van der Waals surface area contributed by atoms with Crippen molar-refractivity contribution in [2.24, 2.45) is 23.7 Å². The molecule has 1 fully saturated rings. The Morgan fingerprint density at radius 1 is 1.13 bits per heavy atom. The molecule has 5 aliphatic rings. The van der Waals surface area contributed by atoms with Crippen LogP contribution in [-0.2, 0) is 30.4 Å². The number of aromatic hydroxyl groups is 1. The summed E-state index contributed by atoms with van der Waals surface area (Å²) in [6.45, 7) is -0.204. The molecule has 0 unspecified atom stereocenters. The Morgan fingerprint density at radius 2 is 1.92 bits per heavy atom. The standard InChI is InChI=1S/C28H22BrNO8/c29-19-10-20(32)25-18(26(19)35)9-17-15(23(25)13-7-12-8-14(31)1-4-21(12)38-11-13)2-3-16-24(17)28(37)30(27(16)36)6-5-22(33)34/h1-2,4,8,10-11,16-17,23-24,31H,3,5-7,9H2,(H,33,34)/t16-,17+,23-,24-/m0/s1. The molecule has 1 aromatic rings. The molecule has 194 valence electrons. The van der Waals surface area contributed by atoms with Gasteiger partial charge in [0.15, 0.2) is 11.6 Å². The molecular weight excluding hydrogens is 558 g/mol. The molecule has 1 saturated heterocycles. The summed E-state index contributed by atoms with van der Waals surface area (Å²) in [6.07, 6.45) is 5.14. The van der Waals surface area contributed by atoms with Gasteiger partial charge in [-0.3, -0.25) is 28.9 Å². The van der Waals surface area contributed by atoms with Gasteiger partial charge in [0, 0.05) is 41.7 Å². The van der Waals surface area contributed by atoms with Gasteiger partial charge in [-0.05, 0) is 58.5 Å². The Balaban J connectivity index is 1.44. The van der Waals surface area contributed by atoms with E-state index >= 15 is 0 Å². The van der Waals surface area contributed by atoms with Gasteiger partial charge in [-0.2, -0.15) is 0 Å². The second-order valence-electron chi connectivity index (χ2n) is 10.1. The third-order valence-corrected chi connectivity index (χ3v) is 8.71. The SMILES string of the molecule is O=C(O)CCN1C(=O)[C@H]2[C@H](CC=C3[C@H](C4=COc5ccc(O)cc5C4)C4=C(C[C@H]32)C(=O)C(Br)=CC4=O)C1=O. The van der Waals surface area contributed by atoms with Gasteiger partial charge in [0.1, 0.15) is 11.5 Å². The van der Waals surface area contributed by atoms with E-state index in [1.807, 2.05) is 6.08 Å². The fourth-order valence-corrected chi connectivity index (χ4v) is 6.96. The van der Waals surface area contributed by atoms with Crippen molar-refractivity contribution in [2.45, 2.75) is 25.7 Å². The maximum absolute atomic E-state index is 13.5. The lowest BCUT2D eigenvalue weighted by atomic mass is 9.59. The number of phenolic OH excluding ortho intramolecular Hbond substituents is 1. The molecule has 2 heterocycles. The van der Waals surface area contributed by atoms with Crippen LogP contribution in [-0.4, -0.2) is 51.0 Å². The van der Waals surface area contributed by atoms with E-state index < -0.39 is 41.5 Å². The summed E-state index contributed by atoms with van der Waals surface area (Å²) < 4.78 is 5.99. The number of hydrogen-bond acceptors (Lipinski definition) is 7. The number of fused-ring (bicyclic) bond motifs is 4. The van der Waals surface area contributed by atoms with Gasteiger partial charge in [-0.1, -0.05) is 11.6 Å². The van der Waals surface area contributed by atoms with Crippen LogP contribution in [0.25, 0.3) is 0 Å². The third-order valence-electron chi connectivity index (χ3n) is 8.12. The molecule has 10 heteroatoms. The highest BCUT2D eigenvalue weighted by Gasteiger charge is 2.56. The minimum absolute atomic E-state index is 0.0713. The summed E-state index contributed by atoms with van der Waals surface area (Å²) in [7, 11) is 0. The summed E-state index contributed by atoms with van der Waals surface area (Å²) in [5, 5.41) is 19.1. The van der Waals surface area contributed by atoms with Gasteiger partial charge in [0.2, 0.25) is 11.8 Å². The Bertz CT molecular complexity index is 1480. The first kappa shape index (κ1) is 24.5.